The number of methoxy groups -OCH3 is 1. The number of ether oxygens (including phenoxy) is 1. The van der Waals surface area contributed by atoms with Crippen LogP contribution in [0.3, 0.4) is 0 Å². The molecule has 19 heavy (non-hydrogen) atoms. The summed E-state index contributed by atoms with van der Waals surface area (Å²) in [7, 11) is 1.74. The topological polar surface area (TPSA) is 47.0 Å². The monoisotopic (exact) mass is 263 g/mol. The van der Waals surface area contributed by atoms with Gasteiger partial charge in [0.05, 0.1) is 0 Å². The average molecular weight is 263 g/mol. The van der Waals surface area contributed by atoms with E-state index in [1.165, 1.54) is 24.1 Å². The summed E-state index contributed by atoms with van der Waals surface area (Å²) in [4.78, 5) is 9.54. The van der Waals surface area contributed by atoms with Crippen molar-refractivity contribution in [2.75, 3.05) is 19.0 Å². The van der Waals surface area contributed by atoms with E-state index >= 15 is 0 Å². The smallest absolute Gasteiger partial charge is 0.162 e. The lowest BCUT2D eigenvalue weighted by Crippen LogP contribution is -2.28. The molecule has 1 heterocycles. The number of aryl methyl sites for hydroxylation is 1. The predicted octanol–water partition coefficient (Wildman–Crippen LogP) is 3.06. The highest BCUT2D eigenvalue weighted by molar-refractivity contribution is 5.48. The minimum Gasteiger partial charge on any atom is -0.371 e. The molecule has 0 saturated heterocycles. The maximum absolute atomic E-state index is 5.64. The van der Waals surface area contributed by atoms with Crippen LogP contribution in [0.1, 0.15) is 57.1 Å². The van der Waals surface area contributed by atoms with Gasteiger partial charge >= 0.3 is 0 Å². The van der Waals surface area contributed by atoms with Crippen molar-refractivity contribution in [1.29, 1.82) is 0 Å². The molecule has 0 bridgehead atoms. The predicted molar refractivity (Wildman–Crippen MR) is 77.5 cm³/mol. The highest BCUT2D eigenvalue weighted by Gasteiger charge is 2.30. The first-order valence-corrected chi connectivity index (χ1v) is 7.34. The largest absolute Gasteiger partial charge is 0.371 e. The average Bonchev–Trinajstić information content (AvgIpc) is 2.46. The molecule has 4 nitrogen and oxygen atoms in total. The molecule has 1 atom stereocenters. The molecule has 1 aromatic rings. The van der Waals surface area contributed by atoms with Gasteiger partial charge in [-0.2, -0.15) is 0 Å². The number of aromatic nitrogens is 2. The van der Waals surface area contributed by atoms with Crippen LogP contribution >= 0.6 is 0 Å². The number of hydrogen-bond acceptors (Lipinski definition) is 4. The van der Waals surface area contributed by atoms with Crippen LogP contribution in [0.4, 0.5) is 5.82 Å². The third kappa shape index (κ3) is 2.73. The Kier molecular flexibility index (Phi) is 4.40. The Labute approximate surface area is 116 Å². The van der Waals surface area contributed by atoms with Gasteiger partial charge in [-0.3, -0.25) is 0 Å². The summed E-state index contributed by atoms with van der Waals surface area (Å²) in [6.07, 6.45) is 5.49. The van der Waals surface area contributed by atoms with Gasteiger partial charge in [0.25, 0.3) is 0 Å². The number of anilines is 1. The first-order chi connectivity index (χ1) is 9.14. The Morgan fingerprint density at radius 1 is 1.21 bits per heavy atom. The van der Waals surface area contributed by atoms with Crippen molar-refractivity contribution in [3.05, 3.63) is 17.1 Å². The van der Waals surface area contributed by atoms with Gasteiger partial charge in [0.15, 0.2) is 5.82 Å². The molecule has 1 unspecified atom stereocenters. The van der Waals surface area contributed by atoms with Crippen molar-refractivity contribution in [3.63, 3.8) is 0 Å². The molecule has 0 amide bonds. The fraction of sp³-hybridized carbons (Fsp3) is 0.733. The molecule has 0 aliphatic heterocycles. The molecule has 0 saturated carbocycles. The summed E-state index contributed by atoms with van der Waals surface area (Å²) in [5, 5.41) is 3.39. The summed E-state index contributed by atoms with van der Waals surface area (Å²) in [5.41, 5.74) is 2.13. The molecule has 2 rings (SSSR count). The summed E-state index contributed by atoms with van der Waals surface area (Å²) in [6.45, 7) is 7.16. The summed E-state index contributed by atoms with van der Waals surface area (Å²) in [6, 6.07) is 0. The highest BCUT2D eigenvalue weighted by atomic mass is 16.5. The van der Waals surface area contributed by atoms with Gasteiger partial charge in [0.2, 0.25) is 0 Å². The third-order valence-corrected chi connectivity index (χ3v) is 4.13. The lowest BCUT2D eigenvalue weighted by molar-refractivity contribution is -0.00910. The standard InChI is InChI=1S/C15H25N3O/c1-5-15(3,19-4)14-17-12-10-8-7-9-11(12)13(18-14)16-6-2/h5-10H2,1-4H3,(H,16,17,18). The van der Waals surface area contributed by atoms with Gasteiger partial charge in [0, 0.05) is 24.9 Å². The number of nitrogens with one attached hydrogen (secondary N) is 1. The second-order valence-electron chi connectivity index (χ2n) is 5.35. The first kappa shape index (κ1) is 14.3. The maximum Gasteiger partial charge on any atom is 0.162 e. The van der Waals surface area contributed by atoms with Gasteiger partial charge in [-0.15, -0.1) is 0 Å². The van der Waals surface area contributed by atoms with Gasteiger partial charge in [0.1, 0.15) is 11.4 Å². The molecule has 1 aliphatic rings. The Hall–Kier alpha value is -1.16. The van der Waals surface area contributed by atoms with Crippen molar-refractivity contribution in [2.45, 2.75) is 58.5 Å². The molecule has 1 aliphatic carbocycles. The van der Waals surface area contributed by atoms with Crippen LogP contribution in [-0.4, -0.2) is 23.6 Å². The van der Waals surface area contributed by atoms with Crippen LogP contribution in [0.2, 0.25) is 0 Å². The quantitative estimate of drug-likeness (QED) is 0.887. The van der Waals surface area contributed by atoms with E-state index < -0.39 is 5.60 Å². The van der Waals surface area contributed by atoms with E-state index in [2.05, 4.69) is 26.1 Å². The second kappa shape index (κ2) is 5.87. The summed E-state index contributed by atoms with van der Waals surface area (Å²) in [5.74, 6) is 1.83. The number of fused-ring (bicyclic) bond motifs is 1. The van der Waals surface area contributed by atoms with E-state index in [1.807, 2.05) is 0 Å². The van der Waals surface area contributed by atoms with E-state index in [0.717, 1.165) is 37.4 Å². The van der Waals surface area contributed by atoms with Crippen LogP contribution in [0.25, 0.3) is 0 Å². The molecule has 1 N–H and O–H groups in total. The van der Waals surface area contributed by atoms with Crippen LogP contribution < -0.4 is 5.32 Å². The zero-order valence-electron chi connectivity index (χ0n) is 12.5. The zero-order chi connectivity index (χ0) is 13.9. The number of rotatable bonds is 5. The van der Waals surface area contributed by atoms with Crippen molar-refractivity contribution in [3.8, 4) is 0 Å². The van der Waals surface area contributed by atoms with Crippen molar-refractivity contribution < 1.29 is 4.74 Å². The van der Waals surface area contributed by atoms with Crippen LogP contribution in [0.5, 0.6) is 0 Å². The molecule has 0 fully saturated rings. The Bertz CT molecular complexity index is 441. The molecular weight excluding hydrogens is 238 g/mol. The van der Waals surface area contributed by atoms with Gasteiger partial charge in [-0.25, -0.2) is 9.97 Å². The third-order valence-electron chi connectivity index (χ3n) is 4.13. The maximum atomic E-state index is 5.64. The van der Waals surface area contributed by atoms with E-state index in [-0.39, 0.29) is 0 Å². The molecule has 1 aromatic heterocycles. The summed E-state index contributed by atoms with van der Waals surface area (Å²) < 4.78 is 5.64. The van der Waals surface area contributed by atoms with E-state index in [1.54, 1.807) is 7.11 Å². The molecular formula is C15H25N3O. The molecule has 4 heteroatoms. The van der Waals surface area contributed by atoms with E-state index in [4.69, 9.17) is 14.7 Å². The lowest BCUT2D eigenvalue weighted by Gasteiger charge is -2.28. The van der Waals surface area contributed by atoms with Crippen molar-refractivity contribution in [1.82, 2.24) is 9.97 Å². The molecule has 0 spiro atoms. The fourth-order valence-electron chi connectivity index (χ4n) is 2.54. The minimum absolute atomic E-state index is 0.392. The Morgan fingerprint density at radius 2 is 1.95 bits per heavy atom. The summed E-state index contributed by atoms with van der Waals surface area (Å²) >= 11 is 0. The molecule has 0 aromatic carbocycles. The normalized spacial score (nSPS) is 17.7. The van der Waals surface area contributed by atoms with E-state index in [0.29, 0.717) is 0 Å². The van der Waals surface area contributed by atoms with Crippen molar-refractivity contribution in [2.24, 2.45) is 0 Å². The lowest BCUT2D eigenvalue weighted by atomic mass is 9.95. The number of nitrogens with zero attached hydrogens (tertiary/aromatic N) is 2. The van der Waals surface area contributed by atoms with Crippen LogP contribution in [-0.2, 0) is 23.2 Å². The zero-order valence-corrected chi connectivity index (χ0v) is 12.5. The van der Waals surface area contributed by atoms with Crippen LogP contribution in [0, 0.1) is 0 Å². The Balaban J connectivity index is 2.48. The number of hydrogen-bond donors (Lipinski definition) is 1. The van der Waals surface area contributed by atoms with Crippen molar-refractivity contribution >= 4 is 5.82 Å². The fourth-order valence-corrected chi connectivity index (χ4v) is 2.54. The Morgan fingerprint density at radius 3 is 2.58 bits per heavy atom. The second-order valence-corrected chi connectivity index (χ2v) is 5.35. The van der Waals surface area contributed by atoms with E-state index in [9.17, 15) is 0 Å². The molecule has 0 radical (unpaired) electrons. The van der Waals surface area contributed by atoms with Gasteiger partial charge in [-0.05, 0) is 46.0 Å². The SMILES string of the molecule is CCNc1nc(C(C)(CC)OC)nc2c1CCCC2. The van der Waals surface area contributed by atoms with Crippen LogP contribution in [0.15, 0.2) is 0 Å². The first-order valence-electron chi connectivity index (χ1n) is 7.34. The van der Waals surface area contributed by atoms with Gasteiger partial charge < -0.3 is 10.1 Å². The molecule has 106 valence electrons. The minimum atomic E-state index is -0.392. The van der Waals surface area contributed by atoms with Gasteiger partial charge in [-0.1, -0.05) is 6.92 Å². The highest BCUT2D eigenvalue weighted by Crippen LogP contribution is 2.31.